The number of fused-ring (bicyclic) bond motifs is 1. The van der Waals surface area contributed by atoms with Gasteiger partial charge in [-0.05, 0) is 26.0 Å². The Hall–Kier alpha value is -3.06. The van der Waals surface area contributed by atoms with Crippen molar-refractivity contribution in [3.63, 3.8) is 0 Å². The third kappa shape index (κ3) is 5.66. The van der Waals surface area contributed by atoms with Crippen molar-refractivity contribution >= 4 is 27.1 Å². The van der Waals surface area contributed by atoms with Gasteiger partial charge in [-0.3, -0.25) is 4.79 Å². The predicted molar refractivity (Wildman–Crippen MR) is 111 cm³/mol. The van der Waals surface area contributed by atoms with Crippen molar-refractivity contribution < 1.29 is 35.9 Å². The number of halogens is 4. The summed E-state index contributed by atoms with van der Waals surface area (Å²) in [6.07, 6.45) is -1.12. The highest BCUT2D eigenvalue weighted by Gasteiger charge is 2.33. The van der Waals surface area contributed by atoms with Gasteiger partial charge in [0.05, 0.1) is 22.7 Å². The number of nitrogens with one attached hydrogen (secondary N) is 1. The Morgan fingerprint density at radius 1 is 1.18 bits per heavy atom. The standard InChI is InChI=1S/C20H20F4N4O4S/c1-19(2,30)15-13(27-18(29)12-5-4-6-14(26-12)20(22,23)24)10-28-9-11(7-8-33(3,31)32)25-17(28)16(15)21/h4-6,9-10,30H,7-8H2,1-3H3,(H,27,29). The largest absolute Gasteiger partial charge is 0.433 e. The molecule has 0 atom stereocenters. The lowest BCUT2D eigenvalue weighted by molar-refractivity contribution is -0.141. The lowest BCUT2D eigenvalue weighted by Gasteiger charge is -2.23. The van der Waals surface area contributed by atoms with Gasteiger partial charge in [0.25, 0.3) is 5.91 Å². The van der Waals surface area contributed by atoms with Crippen molar-refractivity contribution in [1.82, 2.24) is 14.4 Å². The smallest absolute Gasteiger partial charge is 0.386 e. The van der Waals surface area contributed by atoms with Gasteiger partial charge in [-0.15, -0.1) is 0 Å². The van der Waals surface area contributed by atoms with Gasteiger partial charge in [-0.25, -0.2) is 22.8 Å². The van der Waals surface area contributed by atoms with E-state index in [1.54, 1.807) is 0 Å². The molecule has 33 heavy (non-hydrogen) atoms. The second-order valence-corrected chi connectivity index (χ2v) is 10.3. The molecule has 3 rings (SSSR count). The zero-order chi connectivity index (χ0) is 24.8. The monoisotopic (exact) mass is 488 g/mol. The van der Waals surface area contributed by atoms with Crippen LogP contribution in [0.5, 0.6) is 0 Å². The highest BCUT2D eigenvalue weighted by molar-refractivity contribution is 7.90. The number of rotatable bonds is 6. The van der Waals surface area contributed by atoms with E-state index >= 15 is 4.39 Å². The van der Waals surface area contributed by atoms with Crippen molar-refractivity contribution in [2.75, 3.05) is 17.3 Å². The molecule has 3 aromatic heterocycles. The molecule has 0 aliphatic heterocycles. The van der Waals surface area contributed by atoms with Gasteiger partial charge in [0.15, 0.2) is 11.5 Å². The molecule has 0 fully saturated rings. The van der Waals surface area contributed by atoms with Crippen LogP contribution < -0.4 is 5.32 Å². The summed E-state index contributed by atoms with van der Waals surface area (Å²) < 4.78 is 78.1. The van der Waals surface area contributed by atoms with E-state index in [0.717, 1.165) is 18.4 Å². The van der Waals surface area contributed by atoms with Crippen LogP contribution in [-0.4, -0.2) is 45.8 Å². The fourth-order valence-electron chi connectivity index (χ4n) is 3.15. The molecule has 0 bridgehead atoms. The topological polar surface area (TPSA) is 114 Å². The molecule has 3 aromatic rings. The molecule has 0 aliphatic carbocycles. The summed E-state index contributed by atoms with van der Waals surface area (Å²) >= 11 is 0. The van der Waals surface area contributed by atoms with E-state index in [0.29, 0.717) is 6.07 Å². The van der Waals surface area contributed by atoms with Crippen molar-refractivity contribution in [1.29, 1.82) is 0 Å². The van der Waals surface area contributed by atoms with Crippen molar-refractivity contribution in [2.45, 2.75) is 32.0 Å². The normalized spacial score (nSPS) is 12.8. The number of aliphatic hydroxyl groups is 1. The van der Waals surface area contributed by atoms with E-state index in [1.807, 2.05) is 0 Å². The molecule has 8 nitrogen and oxygen atoms in total. The molecule has 178 valence electrons. The molecule has 3 heterocycles. The summed E-state index contributed by atoms with van der Waals surface area (Å²) in [5.74, 6) is -2.26. The molecule has 2 N–H and O–H groups in total. The second-order valence-electron chi connectivity index (χ2n) is 7.99. The Morgan fingerprint density at radius 3 is 2.42 bits per heavy atom. The average molecular weight is 488 g/mol. The van der Waals surface area contributed by atoms with Crippen LogP contribution in [0, 0.1) is 5.82 Å². The van der Waals surface area contributed by atoms with Crippen LogP contribution in [-0.2, 0) is 28.0 Å². The molecule has 13 heteroatoms. The molecule has 0 saturated carbocycles. The molecule has 0 unspecified atom stereocenters. The predicted octanol–water partition coefficient (Wildman–Crippen LogP) is 2.95. The van der Waals surface area contributed by atoms with Gasteiger partial charge in [0, 0.05) is 30.6 Å². The summed E-state index contributed by atoms with van der Waals surface area (Å²) in [5, 5.41) is 12.8. The second kappa shape index (κ2) is 8.37. The number of hydrogen-bond acceptors (Lipinski definition) is 6. The molecular formula is C20H20F4N4O4S. The van der Waals surface area contributed by atoms with Crippen LogP contribution in [0.4, 0.5) is 23.2 Å². The number of aryl methyl sites for hydroxylation is 1. The van der Waals surface area contributed by atoms with Crippen LogP contribution in [0.3, 0.4) is 0 Å². The molecule has 0 radical (unpaired) electrons. The fraction of sp³-hybridized carbons (Fsp3) is 0.350. The highest BCUT2D eigenvalue weighted by atomic mass is 32.2. The van der Waals surface area contributed by atoms with Crippen molar-refractivity contribution in [3.8, 4) is 0 Å². The highest BCUT2D eigenvalue weighted by Crippen LogP contribution is 2.33. The Morgan fingerprint density at radius 2 is 1.85 bits per heavy atom. The maximum atomic E-state index is 15.3. The number of pyridine rings is 2. The molecule has 0 aromatic carbocycles. The van der Waals surface area contributed by atoms with E-state index < -0.39 is 44.7 Å². The number of aromatic nitrogens is 3. The van der Waals surface area contributed by atoms with Crippen molar-refractivity contribution in [3.05, 3.63) is 59.1 Å². The lowest BCUT2D eigenvalue weighted by atomic mass is 9.97. The third-order valence-corrected chi connectivity index (χ3v) is 5.54. The number of nitrogens with zero attached hydrogens (tertiary/aromatic N) is 3. The first-order valence-corrected chi connectivity index (χ1v) is 11.6. The number of carbonyl (C=O) groups excluding carboxylic acids is 1. The molecule has 1 amide bonds. The first-order valence-electron chi connectivity index (χ1n) is 9.52. The maximum absolute atomic E-state index is 15.3. The number of anilines is 1. The number of imidazole rings is 1. The van der Waals surface area contributed by atoms with Crippen LogP contribution in [0.25, 0.3) is 5.65 Å². The van der Waals surface area contributed by atoms with E-state index in [9.17, 15) is 31.5 Å². The Bertz CT molecular complexity index is 1330. The minimum atomic E-state index is -4.77. The summed E-state index contributed by atoms with van der Waals surface area (Å²) in [6, 6.07) is 2.77. The van der Waals surface area contributed by atoms with Gasteiger partial charge >= 0.3 is 6.18 Å². The van der Waals surface area contributed by atoms with E-state index in [1.165, 1.54) is 30.6 Å². The number of alkyl halides is 3. The first-order chi connectivity index (χ1) is 15.1. The molecule has 0 spiro atoms. The van der Waals surface area contributed by atoms with E-state index in [-0.39, 0.29) is 34.8 Å². The quantitative estimate of drug-likeness (QED) is 0.516. The Kier molecular flexibility index (Phi) is 6.24. The fourth-order valence-corrected chi connectivity index (χ4v) is 3.73. The minimum Gasteiger partial charge on any atom is -0.386 e. The average Bonchev–Trinajstić information content (AvgIpc) is 3.08. The Labute approximate surface area is 186 Å². The Balaban J connectivity index is 2.05. The van der Waals surface area contributed by atoms with Gasteiger partial charge in [0.2, 0.25) is 0 Å². The number of sulfone groups is 1. The zero-order valence-electron chi connectivity index (χ0n) is 17.7. The summed E-state index contributed by atoms with van der Waals surface area (Å²) in [5.41, 5.74) is -4.18. The number of amides is 1. The first kappa shape index (κ1) is 24.6. The van der Waals surface area contributed by atoms with Crippen molar-refractivity contribution in [2.24, 2.45) is 0 Å². The van der Waals surface area contributed by atoms with E-state index in [4.69, 9.17) is 0 Å². The van der Waals surface area contributed by atoms with Crippen LogP contribution in [0.2, 0.25) is 0 Å². The lowest BCUT2D eigenvalue weighted by Crippen LogP contribution is -2.24. The SMILES string of the molecule is CC(C)(O)c1c(NC(=O)c2cccc(C(F)(F)F)n2)cn2cc(CCS(C)(=O)=O)nc2c1F. The summed E-state index contributed by atoms with van der Waals surface area (Å²) in [7, 11) is -3.30. The summed E-state index contributed by atoms with van der Waals surface area (Å²) in [4.78, 5) is 20.0. The van der Waals surface area contributed by atoms with Crippen LogP contribution >= 0.6 is 0 Å². The molecule has 0 saturated heterocycles. The van der Waals surface area contributed by atoms with E-state index in [2.05, 4.69) is 15.3 Å². The van der Waals surface area contributed by atoms with Gasteiger partial charge < -0.3 is 14.8 Å². The van der Waals surface area contributed by atoms with Crippen LogP contribution in [0.1, 0.15) is 41.3 Å². The van der Waals surface area contributed by atoms with Gasteiger partial charge in [-0.1, -0.05) is 6.07 Å². The third-order valence-electron chi connectivity index (χ3n) is 4.60. The van der Waals surface area contributed by atoms with Gasteiger partial charge in [-0.2, -0.15) is 13.2 Å². The summed E-state index contributed by atoms with van der Waals surface area (Å²) in [6.45, 7) is 2.52. The molecular weight excluding hydrogens is 468 g/mol. The molecule has 0 aliphatic rings. The number of carbonyl (C=O) groups is 1. The van der Waals surface area contributed by atoms with Gasteiger partial charge in [0.1, 0.15) is 21.2 Å². The van der Waals surface area contributed by atoms with Crippen LogP contribution in [0.15, 0.2) is 30.6 Å². The maximum Gasteiger partial charge on any atom is 0.433 e. The zero-order valence-corrected chi connectivity index (χ0v) is 18.6. The minimum absolute atomic E-state index is 0.00759. The number of hydrogen-bond donors (Lipinski definition) is 2.